The molecule has 2 aromatic carbocycles. The fourth-order valence-corrected chi connectivity index (χ4v) is 2.26. The third-order valence-electron chi connectivity index (χ3n) is 3.56. The van der Waals surface area contributed by atoms with E-state index in [0.717, 1.165) is 12.1 Å². The quantitative estimate of drug-likeness (QED) is 0.624. The zero-order valence-electron chi connectivity index (χ0n) is 12.2. The summed E-state index contributed by atoms with van der Waals surface area (Å²) >= 11 is 0. The van der Waals surface area contributed by atoms with E-state index in [1.54, 1.807) is 19.9 Å². The minimum Gasteiger partial charge on any atom is -0.258 e. The Hall–Kier alpha value is -3.36. The van der Waals surface area contributed by atoms with Gasteiger partial charge in [-0.2, -0.15) is 0 Å². The van der Waals surface area contributed by atoms with Crippen molar-refractivity contribution in [1.82, 2.24) is 0 Å². The first kappa shape index (κ1) is 16.0. The van der Waals surface area contributed by atoms with Crippen LogP contribution in [-0.2, 0) is 0 Å². The van der Waals surface area contributed by atoms with Crippen LogP contribution in [0.25, 0.3) is 11.1 Å². The van der Waals surface area contributed by atoms with Gasteiger partial charge in [-0.1, -0.05) is 6.07 Å². The lowest BCUT2D eigenvalue weighted by Gasteiger charge is -2.08. The van der Waals surface area contributed by atoms with Gasteiger partial charge in [0.15, 0.2) is 0 Å². The Kier molecular flexibility index (Phi) is 4.04. The highest BCUT2D eigenvalue weighted by atomic mass is 16.6. The van der Waals surface area contributed by atoms with Crippen LogP contribution >= 0.6 is 0 Å². The SMILES string of the molecule is Cc1ccc(-c2ccc([N+](=O)[O-])c([N+](=O)[O-])c2)c([N+](=O)[O-])c1C. The molecule has 0 radical (unpaired) electrons. The summed E-state index contributed by atoms with van der Waals surface area (Å²) in [4.78, 5) is 30.9. The molecule has 0 spiro atoms. The molecule has 0 atom stereocenters. The fourth-order valence-electron chi connectivity index (χ4n) is 2.26. The molecule has 118 valence electrons. The summed E-state index contributed by atoms with van der Waals surface area (Å²) in [5.41, 5.74) is -0.0445. The summed E-state index contributed by atoms with van der Waals surface area (Å²) in [5, 5.41) is 33.2. The molecule has 0 aromatic heterocycles. The van der Waals surface area contributed by atoms with Crippen LogP contribution in [0.4, 0.5) is 17.1 Å². The standard InChI is InChI=1S/C14H11N3O6/c1-8-3-5-11(14(9(8)2)17(22)23)10-4-6-12(15(18)19)13(7-10)16(20)21/h3-7H,1-2H3. The molecule has 0 bridgehead atoms. The van der Waals surface area contributed by atoms with Crippen molar-refractivity contribution >= 4 is 17.1 Å². The van der Waals surface area contributed by atoms with E-state index in [4.69, 9.17) is 0 Å². The minimum absolute atomic E-state index is 0.173. The summed E-state index contributed by atoms with van der Waals surface area (Å²) in [7, 11) is 0. The Morgan fingerprint density at radius 2 is 1.39 bits per heavy atom. The van der Waals surface area contributed by atoms with E-state index in [2.05, 4.69) is 0 Å². The first-order valence-corrected chi connectivity index (χ1v) is 6.41. The van der Waals surface area contributed by atoms with E-state index in [-0.39, 0.29) is 16.8 Å². The first-order chi connectivity index (χ1) is 10.7. The van der Waals surface area contributed by atoms with Crippen LogP contribution in [0.2, 0.25) is 0 Å². The molecule has 23 heavy (non-hydrogen) atoms. The Bertz CT molecular complexity index is 847. The zero-order valence-corrected chi connectivity index (χ0v) is 12.2. The van der Waals surface area contributed by atoms with Crippen LogP contribution in [-0.4, -0.2) is 14.8 Å². The molecule has 0 fully saturated rings. The molecular formula is C14H11N3O6. The number of hydrogen-bond acceptors (Lipinski definition) is 6. The summed E-state index contributed by atoms with van der Waals surface area (Å²) in [6, 6.07) is 6.36. The molecule has 0 heterocycles. The van der Waals surface area contributed by atoms with Crippen LogP contribution < -0.4 is 0 Å². The molecule has 0 saturated carbocycles. The summed E-state index contributed by atoms with van der Waals surface area (Å²) in [5.74, 6) is 0. The number of aryl methyl sites for hydroxylation is 1. The van der Waals surface area contributed by atoms with E-state index in [9.17, 15) is 30.3 Å². The number of benzene rings is 2. The maximum Gasteiger partial charge on any atom is 0.346 e. The Morgan fingerprint density at radius 1 is 0.783 bits per heavy atom. The Labute approximate surface area is 129 Å². The summed E-state index contributed by atoms with van der Waals surface area (Å²) < 4.78 is 0. The van der Waals surface area contributed by atoms with Crippen molar-refractivity contribution < 1.29 is 14.8 Å². The average Bonchev–Trinajstić information content (AvgIpc) is 2.48. The summed E-state index contributed by atoms with van der Waals surface area (Å²) in [6.45, 7) is 3.29. The number of hydrogen-bond donors (Lipinski definition) is 0. The second kappa shape index (κ2) is 5.79. The van der Waals surface area contributed by atoms with E-state index in [0.29, 0.717) is 11.1 Å². The van der Waals surface area contributed by atoms with Crippen LogP contribution in [0.15, 0.2) is 30.3 Å². The van der Waals surface area contributed by atoms with Gasteiger partial charge in [0.2, 0.25) is 0 Å². The fraction of sp³-hybridized carbons (Fsp3) is 0.143. The van der Waals surface area contributed by atoms with E-state index in [1.165, 1.54) is 12.1 Å². The lowest BCUT2D eigenvalue weighted by Crippen LogP contribution is -1.99. The maximum absolute atomic E-state index is 11.3. The van der Waals surface area contributed by atoms with Gasteiger partial charge in [-0.3, -0.25) is 30.3 Å². The van der Waals surface area contributed by atoms with Gasteiger partial charge in [0.1, 0.15) is 0 Å². The minimum atomic E-state index is -0.880. The Morgan fingerprint density at radius 3 is 1.91 bits per heavy atom. The largest absolute Gasteiger partial charge is 0.346 e. The van der Waals surface area contributed by atoms with Crippen molar-refractivity contribution in [2.75, 3.05) is 0 Å². The average molecular weight is 317 g/mol. The van der Waals surface area contributed by atoms with Crippen LogP contribution in [0.3, 0.4) is 0 Å². The molecule has 0 aliphatic heterocycles. The lowest BCUT2D eigenvalue weighted by atomic mass is 9.97. The van der Waals surface area contributed by atoms with Crippen molar-refractivity contribution in [3.8, 4) is 11.1 Å². The highest BCUT2D eigenvalue weighted by Crippen LogP contribution is 2.38. The first-order valence-electron chi connectivity index (χ1n) is 6.41. The van der Waals surface area contributed by atoms with Gasteiger partial charge < -0.3 is 0 Å². The van der Waals surface area contributed by atoms with Crippen LogP contribution in [0.5, 0.6) is 0 Å². The predicted octanol–water partition coefficient (Wildman–Crippen LogP) is 3.70. The maximum atomic E-state index is 11.3. The molecular weight excluding hydrogens is 306 g/mol. The molecule has 2 rings (SSSR count). The molecule has 9 heteroatoms. The summed E-state index contributed by atoms with van der Waals surface area (Å²) in [6.07, 6.45) is 0. The third kappa shape index (κ3) is 2.84. The van der Waals surface area contributed by atoms with Crippen LogP contribution in [0, 0.1) is 44.2 Å². The van der Waals surface area contributed by atoms with Crippen molar-refractivity contribution in [3.63, 3.8) is 0 Å². The molecule has 0 aliphatic carbocycles. The molecule has 0 aliphatic rings. The highest BCUT2D eigenvalue weighted by Gasteiger charge is 2.27. The number of nitro benzene ring substituents is 3. The van der Waals surface area contributed by atoms with Gasteiger partial charge in [-0.15, -0.1) is 0 Å². The van der Waals surface area contributed by atoms with E-state index in [1.807, 2.05) is 0 Å². The molecule has 0 saturated heterocycles. The predicted molar refractivity (Wildman–Crippen MR) is 81.3 cm³/mol. The van der Waals surface area contributed by atoms with Gasteiger partial charge >= 0.3 is 11.4 Å². The number of nitro groups is 3. The second-order valence-corrected chi connectivity index (χ2v) is 4.88. The third-order valence-corrected chi connectivity index (χ3v) is 3.56. The molecule has 0 amide bonds. The van der Waals surface area contributed by atoms with Gasteiger partial charge in [0.25, 0.3) is 5.69 Å². The van der Waals surface area contributed by atoms with Gasteiger partial charge in [0.05, 0.1) is 20.3 Å². The molecule has 9 nitrogen and oxygen atoms in total. The van der Waals surface area contributed by atoms with Crippen molar-refractivity contribution in [3.05, 3.63) is 71.8 Å². The number of nitrogens with zero attached hydrogens (tertiary/aromatic N) is 3. The van der Waals surface area contributed by atoms with Gasteiger partial charge in [-0.05, 0) is 37.1 Å². The second-order valence-electron chi connectivity index (χ2n) is 4.88. The van der Waals surface area contributed by atoms with E-state index < -0.39 is 26.1 Å². The normalized spacial score (nSPS) is 10.3. The molecule has 0 N–H and O–H groups in total. The van der Waals surface area contributed by atoms with Crippen LogP contribution in [0.1, 0.15) is 11.1 Å². The monoisotopic (exact) mass is 317 g/mol. The smallest absolute Gasteiger partial charge is 0.258 e. The molecule has 2 aromatic rings. The topological polar surface area (TPSA) is 129 Å². The zero-order chi connectivity index (χ0) is 17.3. The van der Waals surface area contributed by atoms with Gasteiger partial charge in [-0.25, -0.2) is 0 Å². The van der Waals surface area contributed by atoms with E-state index >= 15 is 0 Å². The molecule has 0 unspecified atom stereocenters. The van der Waals surface area contributed by atoms with Crippen molar-refractivity contribution in [1.29, 1.82) is 0 Å². The Balaban J connectivity index is 2.76. The van der Waals surface area contributed by atoms with Gasteiger partial charge in [0, 0.05) is 17.7 Å². The number of rotatable bonds is 4. The lowest BCUT2D eigenvalue weighted by molar-refractivity contribution is -0.422. The van der Waals surface area contributed by atoms with Crippen molar-refractivity contribution in [2.45, 2.75) is 13.8 Å². The van der Waals surface area contributed by atoms with Crippen molar-refractivity contribution in [2.24, 2.45) is 0 Å². The highest BCUT2D eigenvalue weighted by molar-refractivity contribution is 5.79.